The van der Waals surface area contributed by atoms with Crippen molar-refractivity contribution >= 4 is 32.3 Å². The molecule has 0 unspecified atom stereocenters. The van der Waals surface area contributed by atoms with Gasteiger partial charge in [-0.3, -0.25) is 0 Å². The van der Waals surface area contributed by atoms with Crippen molar-refractivity contribution in [2.45, 2.75) is 6.54 Å². The SMILES string of the molecule is CN(C)Cc1cc2c(ncc3cccc(O)c32)s1. The van der Waals surface area contributed by atoms with E-state index in [0.29, 0.717) is 5.75 Å². The minimum Gasteiger partial charge on any atom is -0.507 e. The summed E-state index contributed by atoms with van der Waals surface area (Å²) >= 11 is 1.69. The molecule has 0 spiro atoms. The van der Waals surface area contributed by atoms with Gasteiger partial charge in [0.2, 0.25) is 0 Å². The van der Waals surface area contributed by atoms with Crippen LogP contribution in [-0.4, -0.2) is 29.1 Å². The molecule has 0 aliphatic heterocycles. The third-order valence-electron chi connectivity index (χ3n) is 2.90. The maximum atomic E-state index is 10.0. The lowest BCUT2D eigenvalue weighted by Crippen LogP contribution is -2.09. The van der Waals surface area contributed by atoms with Crippen LogP contribution in [0, 0.1) is 0 Å². The van der Waals surface area contributed by atoms with E-state index in [2.05, 4.69) is 16.0 Å². The highest BCUT2D eigenvalue weighted by Crippen LogP contribution is 2.35. The van der Waals surface area contributed by atoms with E-state index < -0.39 is 0 Å². The van der Waals surface area contributed by atoms with Gasteiger partial charge in [-0.2, -0.15) is 0 Å². The Bertz CT molecular complexity index is 718. The Morgan fingerprint density at radius 1 is 1.33 bits per heavy atom. The Morgan fingerprint density at radius 2 is 2.17 bits per heavy atom. The Labute approximate surface area is 109 Å². The quantitative estimate of drug-likeness (QED) is 0.766. The minimum atomic E-state index is 0.328. The summed E-state index contributed by atoms with van der Waals surface area (Å²) < 4.78 is 0. The van der Waals surface area contributed by atoms with E-state index in [1.54, 1.807) is 17.4 Å². The number of rotatable bonds is 2. The van der Waals surface area contributed by atoms with Crippen molar-refractivity contribution in [1.29, 1.82) is 0 Å². The van der Waals surface area contributed by atoms with Crippen LogP contribution in [0.25, 0.3) is 21.0 Å². The number of fused-ring (bicyclic) bond motifs is 3. The molecule has 92 valence electrons. The summed E-state index contributed by atoms with van der Waals surface area (Å²) in [6.07, 6.45) is 1.83. The smallest absolute Gasteiger partial charge is 0.124 e. The van der Waals surface area contributed by atoms with Crippen molar-refractivity contribution in [3.63, 3.8) is 0 Å². The third kappa shape index (κ3) is 1.83. The number of phenols is 1. The van der Waals surface area contributed by atoms with Gasteiger partial charge in [-0.1, -0.05) is 12.1 Å². The molecule has 3 aromatic rings. The zero-order valence-electron chi connectivity index (χ0n) is 10.3. The van der Waals surface area contributed by atoms with Crippen LogP contribution in [-0.2, 0) is 6.54 Å². The summed E-state index contributed by atoms with van der Waals surface area (Å²) in [5.41, 5.74) is 0. The number of hydrogen-bond acceptors (Lipinski definition) is 4. The first-order valence-electron chi connectivity index (χ1n) is 5.79. The molecule has 0 aliphatic rings. The highest BCUT2D eigenvalue weighted by Gasteiger charge is 2.10. The molecule has 3 rings (SSSR count). The monoisotopic (exact) mass is 258 g/mol. The molecule has 4 heteroatoms. The first-order valence-corrected chi connectivity index (χ1v) is 6.60. The number of thiophene rings is 1. The molecular formula is C14H14N2OS. The van der Waals surface area contributed by atoms with Crippen molar-refractivity contribution in [3.8, 4) is 5.75 Å². The third-order valence-corrected chi connectivity index (χ3v) is 3.93. The summed E-state index contributed by atoms with van der Waals surface area (Å²) in [5.74, 6) is 0.328. The summed E-state index contributed by atoms with van der Waals surface area (Å²) in [6, 6.07) is 7.68. The number of pyridine rings is 1. The van der Waals surface area contributed by atoms with Crippen LogP contribution in [0.4, 0.5) is 0 Å². The highest BCUT2D eigenvalue weighted by atomic mass is 32.1. The standard InChI is InChI=1S/C14H14N2OS/c1-16(2)8-10-6-11-13-9(4-3-5-12(13)17)7-15-14(11)18-10/h3-7,17H,8H2,1-2H3. The van der Waals surface area contributed by atoms with Crippen molar-refractivity contribution < 1.29 is 5.11 Å². The molecule has 0 fully saturated rings. The lowest BCUT2D eigenvalue weighted by Gasteiger charge is -2.05. The van der Waals surface area contributed by atoms with Crippen LogP contribution in [0.5, 0.6) is 5.75 Å². The van der Waals surface area contributed by atoms with Gasteiger partial charge in [0.15, 0.2) is 0 Å². The van der Waals surface area contributed by atoms with E-state index in [9.17, 15) is 5.11 Å². The van der Waals surface area contributed by atoms with Gasteiger partial charge in [0.05, 0.1) is 0 Å². The van der Waals surface area contributed by atoms with Crippen LogP contribution in [0.2, 0.25) is 0 Å². The minimum absolute atomic E-state index is 0.328. The van der Waals surface area contributed by atoms with Crippen molar-refractivity contribution in [3.05, 3.63) is 35.3 Å². The fraction of sp³-hybridized carbons (Fsp3) is 0.214. The first-order chi connectivity index (χ1) is 8.65. The molecule has 3 nitrogen and oxygen atoms in total. The zero-order chi connectivity index (χ0) is 12.7. The lowest BCUT2D eigenvalue weighted by atomic mass is 10.1. The largest absolute Gasteiger partial charge is 0.507 e. The molecule has 0 bridgehead atoms. The van der Waals surface area contributed by atoms with Crippen LogP contribution < -0.4 is 0 Å². The summed E-state index contributed by atoms with van der Waals surface area (Å²) in [5, 5.41) is 13.0. The van der Waals surface area contributed by atoms with E-state index in [1.165, 1.54) is 4.88 Å². The fourth-order valence-corrected chi connectivity index (χ4v) is 3.31. The second-order valence-electron chi connectivity index (χ2n) is 4.67. The molecule has 2 heterocycles. The average molecular weight is 258 g/mol. The molecule has 2 aromatic heterocycles. The average Bonchev–Trinajstić information content (AvgIpc) is 2.70. The van der Waals surface area contributed by atoms with Crippen molar-refractivity contribution in [1.82, 2.24) is 9.88 Å². The Kier molecular flexibility index (Phi) is 2.69. The van der Waals surface area contributed by atoms with Gasteiger partial charge < -0.3 is 10.0 Å². The molecule has 0 radical (unpaired) electrons. The van der Waals surface area contributed by atoms with Gasteiger partial charge in [0.1, 0.15) is 10.6 Å². The van der Waals surface area contributed by atoms with E-state index in [1.807, 2.05) is 32.4 Å². The summed E-state index contributed by atoms with van der Waals surface area (Å²) in [6.45, 7) is 0.899. The molecular weight excluding hydrogens is 244 g/mol. The fourth-order valence-electron chi connectivity index (χ4n) is 2.18. The molecule has 0 amide bonds. The maximum Gasteiger partial charge on any atom is 0.124 e. The van der Waals surface area contributed by atoms with Crippen molar-refractivity contribution in [2.75, 3.05) is 14.1 Å². The second-order valence-corrected chi connectivity index (χ2v) is 5.78. The molecule has 0 saturated carbocycles. The lowest BCUT2D eigenvalue weighted by molar-refractivity contribution is 0.406. The van der Waals surface area contributed by atoms with Crippen LogP contribution in [0.3, 0.4) is 0 Å². The predicted molar refractivity (Wildman–Crippen MR) is 76.2 cm³/mol. The van der Waals surface area contributed by atoms with Crippen LogP contribution >= 0.6 is 11.3 Å². The molecule has 0 aliphatic carbocycles. The first kappa shape index (κ1) is 11.4. The van der Waals surface area contributed by atoms with Crippen LogP contribution in [0.15, 0.2) is 30.5 Å². The maximum absolute atomic E-state index is 10.0. The summed E-state index contributed by atoms with van der Waals surface area (Å²) in [7, 11) is 4.10. The Balaban J connectivity index is 2.29. The normalized spacial score (nSPS) is 11.7. The number of aromatic nitrogens is 1. The number of phenolic OH excluding ortho intramolecular Hbond substituents is 1. The van der Waals surface area contributed by atoms with Gasteiger partial charge in [-0.05, 0) is 26.2 Å². The molecule has 1 N–H and O–H groups in total. The second kappa shape index (κ2) is 4.23. The number of hydrogen-bond donors (Lipinski definition) is 1. The van der Waals surface area contributed by atoms with Crippen molar-refractivity contribution in [2.24, 2.45) is 0 Å². The molecule has 1 aromatic carbocycles. The topological polar surface area (TPSA) is 36.4 Å². The zero-order valence-corrected chi connectivity index (χ0v) is 11.2. The molecule has 0 saturated heterocycles. The van der Waals surface area contributed by atoms with Gasteiger partial charge in [-0.25, -0.2) is 4.98 Å². The predicted octanol–water partition coefficient (Wildman–Crippen LogP) is 3.22. The highest BCUT2D eigenvalue weighted by molar-refractivity contribution is 7.18. The van der Waals surface area contributed by atoms with E-state index >= 15 is 0 Å². The van der Waals surface area contributed by atoms with E-state index in [-0.39, 0.29) is 0 Å². The number of aromatic hydroxyl groups is 1. The van der Waals surface area contributed by atoms with Gasteiger partial charge >= 0.3 is 0 Å². The molecule has 0 atom stereocenters. The van der Waals surface area contributed by atoms with Gasteiger partial charge in [0, 0.05) is 33.8 Å². The van der Waals surface area contributed by atoms with Gasteiger partial charge in [0.25, 0.3) is 0 Å². The van der Waals surface area contributed by atoms with E-state index in [4.69, 9.17) is 0 Å². The number of nitrogens with zero attached hydrogens (tertiary/aromatic N) is 2. The number of benzene rings is 1. The molecule has 18 heavy (non-hydrogen) atoms. The summed E-state index contributed by atoms with van der Waals surface area (Å²) in [4.78, 5) is 8.85. The van der Waals surface area contributed by atoms with Crippen LogP contribution in [0.1, 0.15) is 4.88 Å². The Hall–Kier alpha value is -1.65. The Morgan fingerprint density at radius 3 is 2.94 bits per heavy atom. The van der Waals surface area contributed by atoms with Gasteiger partial charge in [-0.15, -0.1) is 11.3 Å². The van der Waals surface area contributed by atoms with E-state index in [0.717, 1.165) is 27.5 Å².